The molecule has 2 aliphatic rings. The summed E-state index contributed by atoms with van der Waals surface area (Å²) in [7, 11) is 1.66. The Hall–Kier alpha value is -2.69. The number of rotatable bonds is 7. The van der Waals surface area contributed by atoms with Crippen molar-refractivity contribution in [2.24, 2.45) is 5.92 Å². The van der Waals surface area contributed by atoms with Gasteiger partial charge >= 0.3 is 0 Å². The van der Waals surface area contributed by atoms with Crippen LogP contribution in [0.1, 0.15) is 12.8 Å². The van der Waals surface area contributed by atoms with E-state index < -0.39 is 0 Å². The Labute approximate surface area is 197 Å². The van der Waals surface area contributed by atoms with Gasteiger partial charge in [-0.1, -0.05) is 11.3 Å². The molecule has 1 atom stereocenters. The highest BCUT2D eigenvalue weighted by Gasteiger charge is 2.28. The van der Waals surface area contributed by atoms with E-state index in [9.17, 15) is 4.79 Å². The molecule has 9 nitrogen and oxygen atoms in total. The first-order valence-corrected chi connectivity index (χ1v) is 12.3. The monoisotopic (exact) mass is 470 g/mol. The normalized spacial score (nSPS) is 19.7. The molecule has 0 spiro atoms. The Morgan fingerprint density at radius 2 is 2.06 bits per heavy atom. The molecule has 33 heavy (non-hydrogen) atoms. The van der Waals surface area contributed by atoms with Crippen molar-refractivity contribution in [3.8, 4) is 17.0 Å². The standard InChI is InChI=1S/C23H30N6O3S/c1-31-19-6-4-17(5-7-19)20-16-29-22(25-20)33-23(26-29)28-9-2-3-18(15-28)21(30)24-8-10-27-11-13-32-14-12-27/h4-7,16,18H,2-3,8-15H2,1H3,(H,24,30)/t18-/m0/s1. The van der Waals surface area contributed by atoms with Gasteiger partial charge in [0.2, 0.25) is 16.0 Å². The van der Waals surface area contributed by atoms with Crippen molar-refractivity contribution in [3.05, 3.63) is 30.5 Å². The molecule has 176 valence electrons. The smallest absolute Gasteiger partial charge is 0.224 e. The first kappa shape index (κ1) is 22.1. The van der Waals surface area contributed by atoms with Gasteiger partial charge < -0.3 is 19.7 Å². The van der Waals surface area contributed by atoms with Crippen LogP contribution in [0.5, 0.6) is 5.75 Å². The lowest BCUT2D eigenvalue weighted by atomic mass is 9.97. The summed E-state index contributed by atoms with van der Waals surface area (Å²) in [5.74, 6) is 0.968. The fraction of sp³-hybridized carbons (Fsp3) is 0.522. The van der Waals surface area contributed by atoms with Crippen molar-refractivity contribution >= 4 is 27.3 Å². The number of hydrogen-bond acceptors (Lipinski definition) is 8. The molecule has 2 aliphatic heterocycles. The lowest BCUT2D eigenvalue weighted by Gasteiger charge is -2.32. The Balaban J connectivity index is 1.18. The maximum Gasteiger partial charge on any atom is 0.224 e. The van der Waals surface area contributed by atoms with E-state index in [0.717, 1.165) is 79.3 Å². The average Bonchev–Trinajstić information content (AvgIpc) is 3.45. The Bertz CT molecular complexity index is 1040. The van der Waals surface area contributed by atoms with Gasteiger partial charge in [0, 0.05) is 44.8 Å². The molecule has 1 N–H and O–H groups in total. The molecule has 0 saturated carbocycles. The fourth-order valence-corrected chi connectivity index (χ4v) is 5.31. The molecule has 5 rings (SSSR count). The molecule has 2 fully saturated rings. The van der Waals surface area contributed by atoms with Crippen molar-refractivity contribution < 1.29 is 14.3 Å². The number of hydrogen-bond donors (Lipinski definition) is 1. The summed E-state index contributed by atoms with van der Waals surface area (Å²) < 4.78 is 12.4. The van der Waals surface area contributed by atoms with Crippen molar-refractivity contribution in [2.75, 3.05) is 64.5 Å². The summed E-state index contributed by atoms with van der Waals surface area (Å²) in [6.45, 7) is 6.64. The molecule has 1 amide bonds. The topological polar surface area (TPSA) is 84.2 Å². The lowest BCUT2D eigenvalue weighted by molar-refractivity contribution is -0.125. The SMILES string of the molecule is COc1ccc(-c2cn3nc(N4CCC[C@H](C(=O)NCCN5CCOCC5)C4)sc3n2)cc1. The van der Waals surface area contributed by atoms with Crippen LogP contribution in [0.2, 0.25) is 0 Å². The molecule has 2 aromatic heterocycles. The Kier molecular flexibility index (Phi) is 6.75. The third kappa shape index (κ3) is 5.13. The van der Waals surface area contributed by atoms with E-state index in [-0.39, 0.29) is 11.8 Å². The van der Waals surface area contributed by atoms with Crippen LogP contribution in [0.25, 0.3) is 16.2 Å². The molecule has 0 radical (unpaired) electrons. The van der Waals surface area contributed by atoms with Crippen molar-refractivity contribution in [1.82, 2.24) is 24.8 Å². The number of morpholine rings is 1. The zero-order valence-electron chi connectivity index (χ0n) is 18.9. The van der Waals surface area contributed by atoms with Crippen LogP contribution in [-0.2, 0) is 9.53 Å². The minimum absolute atomic E-state index is 0.00507. The van der Waals surface area contributed by atoms with Gasteiger partial charge in [-0.25, -0.2) is 9.50 Å². The third-order valence-corrected chi connectivity index (χ3v) is 7.30. The number of fused-ring (bicyclic) bond motifs is 1. The molecule has 4 heterocycles. The number of amides is 1. The second-order valence-corrected chi connectivity index (χ2v) is 9.43. The first-order chi connectivity index (χ1) is 16.2. The number of piperidine rings is 1. The van der Waals surface area contributed by atoms with E-state index in [1.807, 2.05) is 35.0 Å². The van der Waals surface area contributed by atoms with E-state index in [0.29, 0.717) is 13.1 Å². The largest absolute Gasteiger partial charge is 0.497 e. The summed E-state index contributed by atoms with van der Waals surface area (Å²) in [6, 6.07) is 7.86. The summed E-state index contributed by atoms with van der Waals surface area (Å²) in [4.78, 5) is 22.9. The van der Waals surface area contributed by atoms with Crippen LogP contribution in [0.3, 0.4) is 0 Å². The quantitative estimate of drug-likeness (QED) is 0.566. The van der Waals surface area contributed by atoms with Gasteiger partial charge in [-0.15, -0.1) is 5.10 Å². The molecule has 2 saturated heterocycles. The van der Waals surface area contributed by atoms with Crippen LogP contribution >= 0.6 is 11.3 Å². The lowest BCUT2D eigenvalue weighted by Crippen LogP contribution is -2.46. The molecular formula is C23H30N6O3S. The molecule has 3 aromatic rings. The highest BCUT2D eigenvalue weighted by molar-refractivity contribution is 7.20. The predicted octanol–water partition coefficient (Wildman–Crippen LogP) is 2.13. The highest BCUT2D eigenvalue weighted by Crippen LogP contribution is 2.30. The second-order valence-electron chi connectivity index (χ2n) is 8.50. The van der Waals surface area contributed by atoms with E-state index >= 15 is 0 Å². The number of aromatic nitrogens is 3. The molecule has 0 bridgehead atoms. The summed E-state index contributed by atoms with van der Waals surface area (Å²) in [6.07, 6.45) is 3.86. The van der Waals surface area contributed by atoms with Gasteiger partial charge in [-0.3, -0.25) is 9.69 Å². The first-order valence-electron chi connectivity index (χ1n) is 11.5. The van der Waals surface area contributed by atoms with E-state index in [1.165, 1.54) is 0 Å². The number of nitrogens with zero attached hydrogens (tertiary/aromatic N) is 5. The number of methoxy groups -OCH3 is 1. The fourth-order valence-electron chi connectivity index (χ4n) is 4.39. The van der Waals surface area contributed by atoms with Gasteiger partial charge in [-0.2, -0.15) is 0 Å². The summed E-state index contributed by atoms with van der Waals surface area (Å²) in [5, 5.41) is 8.81. The minimum atomic E-state index is -0.00507. The number of imidazole rings is 1. The molecule has 1 aromatic carbocycles. The van der Waals surface area contributed by atoms with Crippen molar-refractivity contribution in [3.63, 3.8) is 0 Å². The zero-order chi connectivity index (χ0) is 22.6. The summed E-state index contributed by atoms with van der Waals surface area (Å²) >= 11 is 1.57. The maximum atomic E-state index is 12.8. The van der Waals surface area contributed by atoms with Crippen LogP contribution in [0.4, 0.5) is 5.13 Å². The van der Waals surface area contributed by atoms with Crippen LogP contribution in [0.15, 0.2) is 30.5 Å². The minimum Gasteiger partial charge on any atom is -0.497 e. The average molecular weight is 471 g/mol. The molecule has 0 aliphatic carbocycles. The Morgan fingerprint density at radius 1 is 1.24 bits per heavy atom. The van der Waals surface area contributed by atoms with Crippen LogP contribution < -0.4 is 15.0 Å². The van der Waals surface area contributed by atoms with Crippen molar-refractivity contribution in [2.45, 2.75) is 12.8 Å². The van der Waals surface area contributed by atoms with Gasteiger partial charge in [0.1, 0.15) is 5.75 Å². The van der Waals surface area contributed by atoms with Gasteiger partial charge in [0.15, 0.2) is 0 Å². The van der Waals surface area contributed by atoms with Gasteiger partial charge in [0.05, 0.1) is 38.1 Å². The van der Waals surface area contributed by atoms with E-state index in [2.05, 4.69) is 15.1 Å². The number of carbonyl (C=O) groups excluding carboxylic acids is 1. The molecular weight excluding hydrogens is 440 g/mol. The number of ether oxygens (including phenoxy) is 2. The zero-order valence-corrected chi connectivity index (χ0v) is 19.7. The van der Waals surface area contributed by atoms with Gasteiger partial charge in [0.25, 0.3) is 0 Å². The van der Waals surface area contributed by atoms with Crippen LogP contribution in [-0.4, -0.2) is 85.0 Å². The number of benzene rings is 1. The van der Waals surface area contributed by atoms with E-state index in [4.69, 9.17) is 19.6 Å². The molecule has 0 unspecified atom stereocenters. The molecule has 10 heteroatoms. The Morgan fingerprint density at radius 3 is 2.82 bits per heavy atom. The number of carbonyl (C=O) groups is 1. The number of nitrogens with one attached hydrogen (secondary N) is 1. The van der Waals surface area contributed by atoms with E-state index in [1.54, 1.807) is 18.4 Å². The number of anilines is 1. The van der Waals surface area contributed by atoms with Crippen LogP contribution in [0, 0.1) is 5.92 Å². The third-order valence-electron chi connectivity index (χ3n) is 6.31. The highest BCUT2D eigenvalue weighted by atomic mass is 32.1. The predicted molar refractivity (Wildman–Crippen MR) is 128 cm³/mol. The van der Waals surface area contributed by atoms with Gasteiger partial charge in [-0.05, 0) is 37.1 Å². The van der Waals surface area contributed by atoms with Crippen molar-refractivity contribution in [1.29, 1.82) is 0 Å². The maximum absolute atomic E-state index is 12.8. The second kappa shape index (κ2) is 10.1. The summed E-state index contributed by atoms with van der Waals surface area (Å²) in [5.41, 5.74) is 1.92.